The largest absolute Gasteiger partial charge is 0.488 e. The Morgan fingerprint density at radius 3 is 1.89 bits per heavy atom. The second-order valence-electron chi connectivity index (χ2n) is 7.11. The number of carbonyl (C=O) groups excluding carboxylic acids is 1. The summed E-state index contributed by atoms with van der Waals surface area (Å²) in [4.78, 5) is 70.4. The maximum Gasteiger partial charge on any atom is 0.340 e. The zero-order valence-corrected chi connectivity index (χ0v) is 21.0. The molecule has 0 fully saturated rings. The van der Waals surface area contributed by atoms with E-state index in [2.05, 4.69) is 10.6 Å². The molecule has 1 aromatic carbocycles. The van der Waals surface area contributed by atoms with Crippen molar-refractivity contribution in [1.82, 2.24) is 5.32 Å². The van der Waals surface area contributed by atoms with Crippen molar-refractivity contribution in [2.75, 3.05) is 64.7 Å². The molecule has 35 heavy (non-hydrogen) atoms. The molecule has 0 heterocycles. The van der Waals surface area contributed by atoms with Gasteiger partial charge < -0.3 is 49.2 Å². The minimum Gasteiger partial charge on any atom is -0.488 e. The van der Waals surface area contributed by atoms with Gasteiger partial charge in [-0.2, -0.15) is 0 Å². The Balaban J connectivity index is 1.98. The zero-order valence-electron chi connectivity index (χ0n) is 19.2. The summed E-state index contributed by atoms with van der Waals surface area (Å²) in [5, 5.41) is 3.00. The van der Waals surface area contributed by atoms with Crippen molar-refractivity contribution >= 4 is 26.8 Å². The molecule has 0 unspecified atom stereocenters. The van der Waals surface area contributed by atoms with Gasteiger partial charge in [-0.3, -0.25) is 23.5 Å². The second-order valence-corrected chi connectivity index (χ2v) is 11.1. The minimum atomic E-state index is -5.05. The molecular weight excluding hydrogens is 514 g/mol. The Morgan fingerprint density at radius 1 is 0.857 bits per heavy atom. The van der Waals surface area contributed by atoms with Crippen molar-refractivity contribution in [3.05, 3.63) is 20.4 Å². The summed E-state index contributed by atoms with van der Waals surface area (Å²) in [6, 6.07) is 0. The van der Waals surface area contributed by atoms with E-state index in [0.29, 0.717) is 19.8 Å². The van der Waals surface area contributed by atoms with Gasteiger partial charge in [-0.15, -0.1) is 0 Å². The summed E-state index contributed by atoms with van der Waals surface area (Å²) in [5.74, 6) is -0.573. The van der Waals surface area contributed by atoms with Crippen molar-refractivity contribution in [3.63, 3.8) is 0 Å². The predicted octanol–water partition coefficient (Wildman–Crippen LogP) is -1.28. The van der Waals surface area contributed by atoms with Crippen LogP contribution in [0.4, 0.5) is 5.69 Å². The topological polar surface area (TPSA) is 227 Å². The fourth-order valence-electron chi connectivity index (χ4n) is 2.75. The van der Waals surface area contributed by atoms with Crippen LogP contribution in [0.5, 0.6) is 5.75 Å². The average molecular weight is 546 g/mol. The van der Waals surface area contributed by atoms with E-state index in [4.69, 9.17) is 38.5 Å². The van der Waals surface area contributed by atoms with Crippen LogP contribution in [-0.4, -0.2) is 90.2 Å². The Hall–Kier alpha value is -1.67. The third-order valence-electron chi connectivity index (χ3n) is 4.42. The summed E-state index contributed by atoms with van der Waals surface area (Å²) in [6.45, 7) is 3.93. The van der Waals surface area contributed by atoms with Crippen LogP contribution in [-0.2, 0) is 28.1 Å². The zero-order chi connectivity index (χ0) is 26.5. The van der Waals surface area contributed by atoms with Gasteiger partial charge >= 0.3 is 15.2 Å². The Bertz CT molecular complexity index is 929. The number of ether oxygens (including phenoxy) is 4. The smallest absolute Gasteiger partial charge is 0.340 e. The number of hydrogen-bond donors (Lipinski definition) is 6. The van der Waals surface area contributed by atoms with Crippen LogP contribution in [0.1, 0.15) is 19.8 Å². The van der Waals surface area contributed by atoms with E-state index in [-0.39, 0.29) is 51.0 Å². The van der Waals surface area contributed by atoms with Gasteiger partial charge in [0, 0.05) is 19.5 Å². The van der Waals surface area contributed by atoms with Crippen molar-refractivity contribution in [2.45, 2.75) is 25.2 Å². The quantitative estimate of drug-likeness (QED) is 0.0636. The summed E-state index contributed by atoms with van der Waals surface area (Å²) in [7, 11) is -10.1. The Kier molecular flexibility index (Phi) is 13.8. The van der Waals surface area contributed by atoms with E-state index in [1.54, 1.807) is 6.92 Å². The molecule has 1 aromatic rings. The van der Waals surface area contributed by atoms with E-state index in [1.807, 2.05) is 0 Å². The van der Waals surface area contributed by atoms with Crippen LogP contribution < -0.4 is 26.2 Å². The van der Waals surface area contributed by atoms with Crippen LogP contribution >= 0.6 is 15.2 Å². The molecule has 1 rings (SSSR count). The first-order valence-corrected chi connectivity index (χ1v) is 14.1. The van der Waals surface area contributed by atoms with E-state index in [0.717, 1.165) is 0 Å². The third-order valence-corrected chi connectivity index (χ3v) is 8.30. The van der Waals surface area contributed by atoms with Crippen LogP contribution in [0.3, 0.4) is 0 Å². The Labute approximate surface area is 201 Å². The highest BCUT2D eigenvalue weighted by Gasteiger charge is 2.43. The van der Waals surface area contributed by atoms with Gasteiger partial charge in [0.1, 0.15) is 5.69 Å². The molecule has 0 radical (unpaired) electrons. The molecule has 202 valence electrons. The fourth-order valence-corrected chi connectivity index (χ4v) is 5.25. The van der Waals surface area contributed by atoms with Crippen molar-refractivity contribution in [2.24, 2.45) is 0 Å². The van der Waals surface area contributed by atoms with Gasteiger partial charge in [-0.25, -0.2) is 0 Å². The van der Waals surface area contributed by atoms with Gasteiger partial charge in [0.05, 0.1) is 46.2 Å². The van der Waals surface area contributed by atoms with Gasteiger partial charge in [0.15, 0.2) is 11.1 Å². The first kappa shape index (κ1) is 31.4. The molecule has 0 atom stereocenters. The molecular formula is C18H32N2O13P2. The molecule has 0 aliphatic rings. The number of hydrogen-bond acceptors (Lipinski definition) is 10. The summed E-state index contributed by atoms with van der Waals surface area (Å²) in [5.41, 5.74) is -1.08. The van der Waals surface area contributed by atoms with Gasteiger partial charge in [0.25, 0.3) is 10.9 Å². The summed E-state index contributed by atoms with van der Waals surface area (Å²) < 4.78 is 43.3. The molecule has 1 amide bonds. The van der Waals surface area contributed by atoms with Gasteiger partial charge in [-0.05, 0) is 13.3 Å². The highest BCUT2D eigenvalue weighted by molar-refractivity contribution is 7.70. The molecule has 0 bridgehead atoms. The molecule has 0 saturated heterocycles. The number of carbonyl (C=O) groups is 1. The fraction of sp³-hybridized carbons (Fsp3) is 0.722. The first-order chi connectivity index (χ1) is 16.4. The number of nitrogens with one attached hydrogen (secondary N) is 2. The van der Waals surface area contributed by atoms with E-state index < -0.39 is 50.2 Å². The molecule has 0 aliphatic carbocycles. The predicted molar refractivity (Wildman–Crippen MR) is 124 cm³/mol. The van der Waals surface area contributed by atoms with Crippen LogP contribution in [0.2, 0.25) is 0 Å². The lowest BCUT2D eigenvalue weighted by molar-refractivity contribution is -0.121. The maximum atomic E-state index is 11.7. The van der Waals surface area contributed by atoms with Crippen LogP contribution in [0, 0.1) is 0 Å². The highest BCUT2D eigenvalue weighted by Crippen LogP contribution is 2.61. The summed E-state index contributed by atoms with van der Waals surface area (Å²) >= 11 is 0. The number of amides is 1. The van der Waals surface area contributed by atoms with Gasteiger partial charge in [-0.1, -0.05) is 0 Å². The SMILES string of the molecule is CCOc1c(NCCOCCOCCOCCNC(=O)CCC(P(=O)(O)O)P(=O)(O)O)c(=O)c1=O. The van der Waals surface area contributed by atoms with Crippen molar-refractivity contribution < 1.29 is 52.4 Å². The van der Waals surface area contributed by atoms with E-state index in [1.165, 1.54) is 0 Å². The minimum absolute atomic E-state index is 0.0498. The number of rotatable bonds is 20. The van der Waals surface area contributed by atoms with E-state index >= 15 is 0 Å². The third kappa shape index (κ3) is 11.7. The molecule has 0 saturated carbocycles. The van der Waals surface area contributed by atoms with Crippen molar-refractivity contribution in [1.29, 1.82) is 0 Å². The molecule has 0 spiro atoms. The van der Waals surface area contributed by atoms with Crippen molar-refractivity contribution in [3.8, 4) is 5.75 Å². The average Bonchev–Trinajstić information content (AvgIpc) is 2.76. The monoisotopic (exact) mass is 546 g/mol. The lowest BCUT2D eigenvalue weighted by atomic mass is 10.2. The molecule has 0 aromatic heterocycles. The first-order valence-electron chi connectivity index (χ1n) is 10.7. The second kappa shape index (κ2) is 15.4. The van der Waals surface area contributed by atoms with Gasteiger partial charge in [0.2, 0.25) is 5.91 Å². The van der Waals surface area contributed by atoms with E-state index in [9.17, 15) is 23.5 Å². The molecule has 0 aliphatic heterocycles. The number of anilines is 1. The normalized spacial score (nSPS) is 12.3. The lowest BCUT2D eigenvalue weighted by Gasteiger charge is -2.19. The van der Waals surface area contributed by atoms with Crippen LogP contribution in [0.15, 0.2) is 9.59 Å². The lowest BCUT2D eigenvalue weighted by Crippen LogP contribution is -2.36. The standard InChI is InChI=1S/C18H32N2O13P2/c1-2-33-18-15(16(22)17(18)23)20-6-8-31-10-12-32-11-9-30-7-5-19-13(21)3-4-14(34(24,25)26)35(27,28)29/h14,20H,2-12H2,1H3,(H,19,21)(H2,24,25,26)(H2,27,28,29). The Morgan fingerprint density at radius 2 is 1.37 bits per heavy atom. The van der Waals surface area contributed by atoms with Crippen LogP contribution in [0.25, 0.3) is 0 Å². The maximum absolute atomic E-state index is 11.7. The molecule has 17 heteroatoms. The molecule has 15 nitrogen and oxygen atoms in total. The molecule has 6 N–H and O–H groups in total. The summed E-state index contributed by atoms with van der Waals surface area (Å²) in [6.07, 6.45) is -1.11. The highest BCUT2D eigenvalue weighted by atomic mass is 31.2.